The first-order chi connectivity index (χ1) is 11.9. The highest BCUT2D eigenvalue weighted by atomic mass is 32.2. The average Bonchev–Trinajstić information content (AvgIpc) is 3.02. The van der Waals surface area contributed by atoms with Gasteiger partial charge in [-0.1, -0.05) is 29.5 Å². The van der Waals surface area contributed by atoms with Crippen molar-refractivity contribution in [2.24, 2.45) is 0 Å². The predicted octanol–water partition coefficient (Wildman–Crippen LogP) is 3.80. The van der Waals surface area contributed by atoms with Crippen LogP contribution in [0.1, 0.15) is 5.56 Å². The van der Waals surface area contributed by atoms with Gasteiger partial charge in [0.2, 0.25) is 10.0 Å². The molecule has 0 spiro atoms. The third-order valence-corrected chi connectivity index (χ3v) is 4.79. The SMILES string of the molecule is CS(=O)(=O)Nc1cccc(Nc2ncc(-c3ccc(C#N)cc3)s2)c1. The van der Waals surface area contributed by atoms with E-state index in [1.807, 2.05) is 18.2 Å². The Morgan fingerprint density at radius 3 is 2.52 bits per heavy atom. The summed E-state index contributed by atoms with van der Waals surface area (Å²) < 4.78 is 25.1. The lowest BCUT2D eigenvalue weighted by molar-refractivity contribution is 0.607. The zero-order valence-corrected chi connectivity index (χ0v) is 14.9. The molecule has 0 saturated carbocycles. The second-order valence-corrected chi connectivity index (χ2v) is 8.08. The van der Waals surface area contributed by atoms with Crippen molar-refractivity contribution in [3.63, 3.8) is 0 Å². The number of sulfonamides is 1. The fourth-order valence-corrected chi connectivity index (χ4v) is 3.57. The standard InChI is InChI=1S/C17H14N4O2S2/c1-25(22,23)21-15-4-2-3-14(9-15)20-17-19-11-16(24-17)13-7-5-12(10-18)6-8-13/h2-9,11,21H,1H3,(H,19,20). The highest BCUT2D eigenvalue weighted by molar-refractivity contribution is 7.92. The Labute approximate surface area is 149 Å². The smallest absolute Gasteiger partial charge is 0.229 e. The Balaban J connectivity index is 1.77. The summed E-state index contributed by atoms with van der Waals surface area (Å²) in [6, 6.07) is 16.3. The number of hydrogen-bond acceptors (Lipinski definition) is 6. The van der Waals surface area contributed by atoms with Crippen LogP contribution in [0, 0.1) is 11.3 Å². The number of nitrogens with one attached hydrogen (secondary N) is 2. The number of benzene rings is 2. The Kier molecular flexibility index (Phi) is 4.70. The largest absolute Gasteiger partial charge is 0.331 e. The predicted molar refractivity (Wildman–Crippen MR) is 100 cm³/mol. The van der Waals surface area contributed by atoms with Crippen LogP contribution in [0.5, 0.6) is 0 Å². The summed E-state index contributed by atoms with van der Waals surface area (Å²) >= 11 is 1.47. The molecule has 0 radical (unpaired) electrons. The monoisotopic (exact) mass is 370 g/mol. The van der Waals surface area contributed by atoms with Crippen LogP contribution in [0.4, 0.5) is 16.5 Å². The molecule has 3 rings (SSSR count). The number of nitriles is 1. The highest BCUT2D eigenvalue weighted by Gasteiger charge is 2.07. The molecular formula is C17H14N4O2S2. The first-order valence-corrected chi connectivity index (χ1v) is 9.95. The average molecular weight is 370 g/mol. The number of thiazole rings is 1. The molecule has 1 aromatic heterocycles. The topological polar surface area (TPSA) is 94.9 Å². The fraction of sp³-hybridized carbons (Fsp3) is 0.0588. The molecular weight excluding hydrogens is 356 g/mol. The van der Waals surface area contributed by atoms with Gasteiger partial charge in [0, 0.05) is 11.9 Å². The zero-order valence-electron chi connectivity index (χ0n) is 13.2. The van der Waals surface area contributed by atoms with E-state index in [1.165, 1.54) is 11.3 Å². The van der Waals surface area contributed by atoms with E-state index in [9.17, 15) is 8.42 Å². The lowest BCUT2D eigenvalue weighted by Gasteiger charge is -2.07. The molecule has 0 unspecified atom stereocenters. The summed E-state index contributed by atoms with van der Waals surface area (Å²) in [5.74, 6) is 0. The maximum absolute atomic E-state index is 11.3. The van der Waals surface area contributed by atoms with Gasteiger partial charge in [-0.25, -0.2) is 13.4 Å². The lowest BCUT2D eigenvalue weighted by Crippen LogP contribution is -2.09. The maximum atomic E-state index is 11.3. The summed E-state index contributed by atoms with van der Waals surface area (Å²) in [5.41, 5.74) is 2.81. The second-order valence-electron chi connectivity index (χ2n) is 5.30. The summed E-state index contributed by atoms with van der Waals surface area (Å²) in [5, 5.41) is 12.7. The molecule has 0 aliphatic carbocycles. The van der Waals surface area contributed by atoms with Gasteiger partial charge in [0.25, 0.3) is 0 Å². The van der Waals surface area contributed by atoms with Crippen molar-refractivity contribution < 1.29 is 8.42 Å². The van der Waals surface area contributed by atoms with Crippen molar-refractivity contribution in [1.29, 1.82) is 5.26 Å². The van der Waals surface area contributed by atoms with Crippen molar-refractivity contribution in [2.45, 2.75) is 0 Å². The Morgan fingerprint density at radius 2 is 1.84 bits per heavy atom. The number of hydrogen-bond donors (Lipinski definition) is 2. The van der Waals surface area contributed by atoms with Gasteiger partial charge in [0.1, 0.15) is 0 Å². The van der Waals surface area contributed by atoms with Crippen LogP contribution in [-0.4, -0.2) is 19.7 Å². The highest BCUT2D eigenvalue weighted by Crippen LogP contribution is 2.31. The van der Waals surface area contributed by atoms with Crippen molar-refractivity contribution in [2.75, 3.05) is 16.3 Å². The molecule has 1 heterocycles. The molecule has 8 heteroatoms. The van der Waals surface area contributed by atoms with Crippen LogP contribution in [-0.2, 0) is 10.0 Å². The first-order valence-electron chi connectivity index (χ1n) is 7.24. The van der Waals surface area contributed by atoms with E-state index in [1.54, 1.807) is 36.5 Å². The van der Waals surface area contributed by atoms with Gasteiger partial charge < -0.3 is 5.32 Å². The van der Waals surface area contributed by atoms with E-state index in [4.69, 9.17) is 5.26 Å². The Morgan fingerprint density at radius 1 is 1.12 bits per heavy atom. The van der Waals surface area contributed by atoms with E-state index in [-0.39, 0.29) is 0 Å². The summed E-state index contributed by atoms with van der Waals surface area (Å²) in [6.45, 7) is 0. The molecule has 0 atom stereocenters. The van der Waals surface area contributed by atoms with Crippen LogP contribution >= 0.6 is 11.3 Å². The third kappa shape index (κ3) is 4.56. The molecule has 2 aromatic carbocycles. The van der Waals surface area contributed by atoms with E-state index >= 15 is 0 Å². The van der Waals surface area contributed by atoms with Crippen LogP contribution < -0.4 is 10.0 Å². The van der Waals surface area contributed by atoms with Crippen molar-refractivity contribution in [3.8, 4) is 16.5 Å². The summed E-state index contributed by atoms with van der Waals surface area (Å²) in [7, 11) is -3.32. The Hall–Kier alpha value is -2.89. The van der Waals surface area contributed by atoms with Crippen LogP contribution in [0.25, 0.3) is 10.4 Å². The molecule has 0 amide bonds. The third-order valence-electron chi connectivity index (χ3n) is 3.22. The summed E-state index contributed by atoms with van der Waals surface area (Å²) in [6.07, 6.45) is 2.87. The van der Waals surface area contributed by atoms with Gasteiger partial charge in [-0.2, -0.15) is 5.26 Å². The normalized spacial score (nSPS) is 10.9. The minimum Gasteiger partial charge on any atom is -0.331 e. The van der Waals surface area contributed by atoms with Gasteiger partial charge in [0.05, 0.1) is 28.5 Å². The van der Waals surface area contributed by atoms with Gasteiger partial charge in [-0.3, -0.25) is 4.72 Å². The molecule has 126 valence electrons. The van der Waals surface area contributed by atoms with Crippen molar-refractivity contribution >= 4 is 37.9 Å². The first kappa shape index (κ1) is 17.0. The number of rotatable bonds is 5. The molecule has 0 aliphatic rings. The molecule has 0 aliphatic heterocycles. The fourth-order valence-electron chi connectivity index (χ4n) is 2.17. The zero-order chi connectivity index (χ0) is 17.9. The Bertz CT molecular complexity index is 1040. The van der Waals surface area contributed by atoms with Gasteiger partial charge in [0.15, 0.2) is 5.13 Å². The van der Waals surface area contributed by atoms with Crippen LogP contribution in [0.3, 0.4) is 0 Å². The molecule has 25 heavy (non-hydrogen) atoms. The van der Waals surface area contributed by atoms with Crippen LogP contribution in [0.2, 0.25) is 0 Å². The number of aromatic nitrogens is 1. The van der Waals surface area contributed by atoms with E-state index in [2.05, 4.69) is 21.1 Å². The van der Waals surface area contributed by atoms with E-state index in [0.29, 0.717) is 16.4 Å². The lowest BCUT2D eigenvalue weighted by atomic mass is 10.1. The minimum absolute atomic E-state index is 0.483. The minimum atomic E-state index is -3.32. The number of anilines is 3. The maximum Gasteiger partial charge on any atom is 0.229 e. The number of nitrogens with zero attached hydrogens (tertiary/aromatic N) is 2. The quantitative estimate of drug-likeness (QED) is 0.712. The second kappa shape index (κ2) is 6.93. The summed E-state index contributed by atoms with van der Waals surface area (Å²) in [4.78, 5) is 5.31. The van der Waals surface area contributed by atoms with Gasteiger partial charge >= 0.3 is 0 Å². The molecule has 0 saturated heterocycles. The molecule has 0 fully saturated rings. The van der Waals surface area contributed by atoms with Crippen LogP contribution in [0.15, 0.2) is 54.7 Å². The van der Waals surface area contributed by atoms with E-state index in [0.717, 1.165) is 22.4 Å². The van der Waals surface area contributed by atoms with E-state index < -0.39 is 10.0 Å². The van der Waals surface area contributed by atoms with Crippen molar-refractivity contribution in [1.82, 2.24) is 4.98 Å². The molecule has 0 bridgehead atoms. The van der Waals surface area contributed by atoms with Crippen molar-refractivity contribution in [3.05, 3.63) is 60.3 Å². The molecule has 2 N–H and O–H groups in total. The van der Waals surface area contributed by atoms with Gasteiger partial charge in [-0.05, 0) is 35.9 Å². The molecule has 3 aromatic rings. The molecule has 6 nitrogen and oxygen atoms in total. The van der Waals surface area contributed by atoms with Gasteiger partial charge in [-0.15, -0.1) is 0 Å².